The maximum atomic E-state index is 12.3. The van der Waals surface area contributed by atoms with Gasteiger partial charge in [0.2, 0.25) is 10.0 Å². The van der Waals surface area contributed by atoms with Gasteiger partial charge in [-0.05, 0) is 76.2 Å². The average molecular weight is 349 g/mol. The first kappa shape index (κ1) is 18.3. The minimum Gasteiger partial charge on any atom is -0.494 e. The van der Waals surface area contributed by atoms with Crippen molar-refractivity contribution in [3.63, 3.8) is 0 Å². The highest BCUT2D eigenvalue weighted by Crippen LogP contribution is 2.25. The topological polar surface area (TPSA) is 64.6 Å². The van der Waals surface area contributed by atoms with Gasteiger partial charge >= 0.3 is 0 Å². The predicted molar refractivity (Wildman–Crippen MR) is 94.2 cm³/mol. The normalized spacial score (nSPS) is 12.0. The molecule has 0 saturated carbocycles. The number of hydrogen-bond donors (Lipinski definition) is 1. The second kappa shape index (κ2) is 7.23. The fourth-order valence-electron chi connectivity index (χ4n) is 2.06. The van der Waals surface area contributed by atoms with Gasteiger partial charge in [-0.25, -0.2) is 13.1 Å². The highest BCUT2D eigenvalue weighted by molar-refractivity contribution is 7.89. The Morgan fingerprint density at radius 3 is 1.79 bits per heavy atom. The summed E-state index contributed by atoms with van der Waals surface area (Å²) in [5, 5.41) is 0. The van der Waals surface area contributed by atoms with Crippen molar-refractivity contribution in [3.8, 4) is 17.2 Å². The van der Waals surface area contributed by atoms with E-state index in [2.05, 4.69) is 4.72 Å². The van der Waals surface area contributed by atoms with Gasteiger partial charge in [-0.3, -0.25) is 0 Å². The van der Waals surface area contributed by atoms with Crippen molar-refractivity contribution in [1.82, 2.24) is 4.72 Å². The summed E-state index contributed by atoms with van der Waals surface area (Å²) in [5.74, 6) is 2.00. The van der Waals surface area contributed by atoms with Gasteiger partial charge in [0, 0.05) is 5.54 Å². The molecular weight excluding hydrogens is 326 g/mol. The largest absolute Gasteiger partial charge is 0.494 e. The van der Waals surface area contributed by atoms with Crippen LogP contribution in [0.15, 0.2) is 53.4 Å². The van der Waals surface area contributed by atoms with E-state index in [1.807, 2.05) is 19.1 Å². The molecule has 0 radical (unpaired) electrons. The molecule has 0 aliphatic rings. The molecule has 2 aromatic carbocycles. The summed E-state index contributed by atoms with van der Waals surface area (Å²) in [4.78, 5) is 0.205. The van der Waals surface area contributed by atoms with Gasteiger partial charge in [-0.2, -0.15) is 0 Å². The summed E-state index contributed by atoms with van der Waals surface area (Å²) in [6.45, 7) is 7.93. The maximum Gasteiger partial charge on any atom is 0.241 e. The summed E-state index contributed by atoms with van der Waals surface area (Å²) < 4.78 is 38.2. The highest BCUT2D eigenvalue weighted by Gasteiger charge is 2.21. The number of sulfonamides is 1. The van der Waals surface area contributed by atoms with E-state index in [0.29, 0.717) is 18.1 Å². The molecule has 130 valence electrons. The van der Waals surface area contributed by atoms with E-state index in [1.165, 1.54) is 12.1 Å². The molecule has 0 aromatic heterocycles. The summed E-state index contributed by atoms with van der Waals surface area (Å²) in [7, 11) is -3.54. The number of nitrogens with one attached hydrogen (secondary N) is 1. The lowest BCUT2D eigenvalue weighted by molar-refractivity contribution is 0.339. The molecule has 0 aliphatic heterocycles. The minimum atomic E-state index is -3.54. The lowest BCUT2D eigenvalue weighted by atomic mass is 10.1. The second-order valence-electron chi connectivity index (χ2n) is 6.33. The standard InChI is InChI=1S/C18H23NO4S/c1-5-22-14-6-8-15(9-7-14)23-16-10-12-17(13-11-16)24(20,21)19-18(2,3)4/h6-13,19H,5H2,1-4H3. The Kier molecular flexibility index (Phi) is 5.51. The van der Waals surface area contributed by atoms with E-state index in [1.54, 1.807) is 45.0 Å². The molecular formula is C18H23NO4S. The molecule has 1 N–H and O–H groups in total. The fraction of sp³-hybridized carbons (Fsp3) is 0.333. The molecule has 0 spiro atoms. The molecule has 0 unspecified atom stereocenters. The quantitative estimate of drug-likeness (QED) is 0.857. The third-order valence-corrected chi connectivity index (χ3v) is 4.72. The molecule has 0 amide bonds. The van der Waals surface area contributed by atoms with Crippen LogP contribution in [0.4, 0.5) is 0 Å². The van der Waals surface area contributed by atoms with Crippen molar-refractivity contribution in [3.05, 3.63) is 48.5 Å². The lowest BCUT2D eigenvalue weighted by Gasteiger charge is -2.20. The zero-order valence-electron chi connectivity index (χ0n) is 14.4. The highest BCUT2D eigenvalue weighted by atomic mass is 32.2. The Labute approximate surface area is 143 Å². The number of hydrogen-bond acceptors (Lipinski definition) is 4. The Morgan fingerprint density at radius 2 is 1.33 bits per heavy atom. The van der Waals surface area contributed by atoms with Crippen LogP contribution < -0.4 is 14.2 Å². The van der Waals surface area contributed by atoms with E-state index >= 15 is 0 Å². The van der Waals surface area contributed by atoms with Crippen LogP contribution in [0.2, 0.25) is 0 Å². The third kappa shape index (κ3) is 5.25. The average Bonchev–Trinajstić information content (AvgIpc) is 2.48. The van der Waals surface area contributed by atoms with Crippen LogP contribution in [0.1, 0.15) is 27.7 Å². The van der Waals surface area contributed by atoms with Crippen LogP contribution in [0.25, 0.3) is 0 Å². The van der Waals surface area contributed by atoms with Gasteiger partial charge in [0.15, 0.2) is 0 Å². The van der Waals surface area contributed by atoms with Crippen LogP contribution in [-0.2, 0) is 10.0 Å². The van der Waals surface area contributed by atoms with Crippen LogP contribution in [0, 0.1) is 0 Å². The van der Waals surface area contributed by atoms with Crippen LogP contribution in [-0.4, -0.2) is 20.6 Å². The summed E-state index contributed by atoms with van der Waals surface area (Å²) in [6, 6.07) is 13.6. The number of ether oxygens (including phenoxy) is 2. The van der Waals surface area contributed by atoms with E-state index in [-0.39, 0.29) is 4.90 Å². The van der Waals surface area contributed by atoms with Crippen LogP contribution in [0.5, 0.6) is 17.2 Å². The predicted octanol–water partition coefficient (Wildman–Crippen LogP) is 3.95. The molecule has 0 aliphatic carbocycles. The maximum absolute atomic E-state index is 12.3. The molecule has 6 heteroatoms. The van der Waals surface area contributed by atoms with E-state index < -0.39 is 15.6 Å². The zero-order valence-corrected chi connectivity index (χ0v) is 15.2. The number of benzene rings is 2. The van der Waals surface area contributed by atoms with Gasteiger partial charge in [-0.15, -0.1) is 0 Å². The van der Waals surface area contributed by atoms with Gasteiger partial charge in [-0.1, -0.05) is 0 Å². The molecule has 24 heavy (non-hydrogen) atoms. The van der Waals surface area contributed by atoms with E-state index in [4.69, 9.17) is 9.47 Å². The third-order valence-electron chi connectivity index (χ3n) is 2.95. The summed E-state index contributed by atoms with van der Waals surface area (Å²) in [5.41, 5.74) is -0.531. The Balaban J connectivity index is 2.09. The van der Waals surface area contributed by atoms with Crippen molar-refractivity contribution in [1.29, 1.82) is 0 Å². The van der Waals surface area contributed by atoms with Crippen molar-refractivity contribution >= 4 is 10.0 Å². The molecule has 0 saturated heterocycles. The smallest absolute Gasteiger partial charge is 0.241 e. The summed E-state index contributed by atoms with van der Waals surface area (Å²) in [6.07, 6.45) is 0. The second-order valence-corrected chi connectivity index (χ2v) is 8.02. The first-order valence-corrected chi connectivity index (χ1v) is 9.23. The Bertz CT molecular complexity index is 760. The molecule has 0 bridgehead atoms. The zero-order chi connectivity index (χ0) is 17.8. The molecule has 2 rings (SSSR count). The first-order valence-electron chi connectivity index (χ1n) is 7.74. The van der Waals surface area contributed by atoms with Crippen LogP contribution >= 0.6 is 0 Å². The number of rotatable bonds is 6. The fourth-order valence-corrected chi connectivity index (χ4v) is 3.47. The molecule has 2 aromatic rings. The van der Waals surface area contributed by atoms with Gasteiger partial charge in [0.1, 0.15) is 17.2 Å². The van der Waals surface area contributed by atoms with Crippen molar-refractivity contribution in [2.45, 2.75) is 38.1 Å². The SMILES string of the molecule is CCOc1ccc(Oc2ccc(S(=O)(=O)NC(C)(C)C)cc2)cc1. The van der Waals surface area contributed by atoms with Crippen molar-refractivity contribution < 1.29 is 17.9 Å². The van der Waals surface area contributed by atoms with Crippen LogP contribution in [0.3, 0.4) is 0 Å². The molecule has 5 nitrogen and oxygen atoms in total. The Hall–Kier alpha value is -2.05. The molecule has 0 heterocycles. The first-order chi connectivity index (χ1) is 11.2. The lowest BCUT2D eigenvalue weighted by Crippen LogP contribution is -2.40. The van der Waals surface area contributed by atoms with Crippen molar-refractivity contribution in [2.24, 2.45) is 0 Å². The van der Waals surface area contributed by atoms with Gasteiger partial charge < -0.3 is 9.47 Å². The Morgan fingerprint density at radius 1 is 0.875 bits per heavy atom. The molecule has 0 fully saturated rings. The monoisotopic (exact) mass is 349 g/mol. The van der Waals surface area contributed by atoms with Gasteiger partial charge in [0.05, 0.1) is 11.5 Å². The van der Waals surface area contributed by atoms with Crippen molar-refractivity contribution in [2.75, 3.05) is 6.61 Å². The molecule has 0 atom stereocenters. The summed E-state index contributed by atoms with van der Waals surface area (Å²) >= 11 is 0. The minimum absolute atomic E-state index is 0.205. The van der Waals surface area contributed by atoms with Gasteiger partial charge in [0.25, 0.3) is 0 Å². The van der Waals surface area contributed by atoms with E-state index in [9.17, 15) is 8.42 Å². The van der Waals surface area contributed by atoms with E-state index in [0.717, 1.165) is 5.75 Å².